The summed E-state index contributed by atoms with van der Waals surface area (Å²) in [6.07, 6.45) is -2.27. The van der Waals surface area contributed by atoms with E-state index in [1.54, 1.807) is 0 Å². The molecule has 0 saturated carbocycles. The number of aromatic nitrogens is 2. The monoisotopic (exact) mass is 364 g/mol. The van der Waals surface area contributed by atoms with Gasteiger partial charge in [-0.3, -0.25) is 14.3 Å². The number of hydrogen-bond donors (Lipinski definition) is 4. The molecule has 118 valence electrons. The van der Waals surface area contributed by atoms with Gasteiger partial charge in [-0.1, -0.05) is 23.4 Å². The van der Waals surface area contributed by atoms with Crippen molar-refractivity contribution < 1.29 is 20.1 Å². The third kappa shape index (κ3) is 3.33. The Morgan fingerprint density at radius 3 is 2.57 bits per heavy atom. The highest BCUT2D eigenvalue weighted by Gasteiger charge is 2.43. The van der Waals surface area contributed by atoms with Gasteiger partial charge < -0.3 is 20.1 Å². The molecule has 0 radical (unpaired) electrons. The van der Waals surface area contributed by atoms with Gasteiger partial charge in [0.15, 0.2) is 6.23 Å². The second-order valence-corrected chi connectivity index (χ2v) is 4.80. The fourth-order valence-corrected chi connectivity index (χ4v) is 2.27. The Bertz CT molecular complexity index is 625. The Morgan fingerprint density at radius 2 is 2.05 bits per heavy atom. The highest BCUT2D eigenvalue weighted by Crippen LogP contribution is 2.27. The molecule has 2 heterocycles. The minimum atomic E-state index is -1.39. The number of halogens is 1. The molecule has 4 atom stereocenters. The van der Waals surface area contributed by atoms with Crippen molar-refractivity contribution in [2.45, 2.75) is 32.0 Å². The van der Waals surface area contributed by atoms with Crippen LogP contribution in [0, 0.1) is 0 Å². The zero-order valence-electron chi connectivity index (χ0n) is 10.1. The van der Waals surface area contributed by atoms with E-state index in [1.807, 2.05) is 0 Å². The van der Waals surface area contributed by atoms with E-state index in [2.05, 4.69) is 20.9 Å². The summed E-state index contributed by atoms with van der Waals surface area (Å²) in [6.45, 7) is -0.499. The Labute approximate surface area is 128 Å². The zero-order valence-corrected chi connectivity index (χ0v) is 11.7. The molecule has 0 aromatic carbocycles. The molecule has 0 amide bonds. The molecule has 2 rings (SSSR count). The molecule has 9 heteroatoms. The number of aliphatic hydroxyl groups is 3. The molecule has 4 N–H and O–H groups in total. The van der Waals surface area contributed by atoms with E-state index in [-0.39, 0.29) is 13.0 Å². The molecule has 1 fully saturated rings. The van der Waals surface area contributed by atoms with Crippen LogP contribution in [0.15, 0.2) is 20.8 Å². The van der Waals surface area contributed by atoms with Gasteiger partial charge in [0.25, 0.3) is 5.56 Å². The van der Waals surface area contributed by atoms with Crippen molar-refractivity contribution in [1.29, 1.82) is 0 Å². The predicted octanol–water partition coefficient (Wildman–Crippen LogP) is -0.850. The van der Waals surface area contributed by atoms with Crippen LogP contribution in [0.3, 0.4) is 0 Å². The summed E-state index contributed by atoms with van der Waals surface area (Å²) >= 11 is 3.01. The third-order valence-electron chi connectivity index (χ3n) is 3.03. The molecule has 0 bridgehead atoms. The summed E-state index contributed by atoms with van der Waals surface area (Å²) < 4.78 is 6.20. The van der Waals surface area contributed by atoms with E-state index in [9.17, 15) is 19.8 Å². The van der Waals surface area contributed by atoms with E-state index >= 15 is 0 Å². The van der Waals surface area contributed by atoms with Crippen molar-refractivity contribution in [3.05, 3.63) is 37.6 Å². The molecule has 1 aliphatic heterocycles. The van der Waals surface area contributed by atoms with Crippen LogP contribution in [0.5, 0.6) is 0 Å². The number of ether oxygens (including phenoxy) is 1. The van der Waals surface area contributed by atoms with E-state index < -0.39 is 42.4 Å². The fraction of sp³-hybridized carbons (Fsp3) is 0.500. The SMILES string of the molecule is C.O=c1[nH]c(=O)n(C2OC(CO)C(O)C2O)cc1/C=C/Br. The van der Waals surface area contributed by atoms with E-state index in [0.29, 0.717) is 0 Å². The lowest BCUT2D eigenvalue weighted by molar-refractivity contribution is -0.0550. The maximum Gasteiger partial charge on any atom is 0.330 e. The number of nitrogens with zero attached hydrogens (tertiary/aromatic N) is 1. The molecular weight excluding hydrogens is 348 g/mol. The third-order valence-corrected chi connectivity index (χ3v) is 3.29. The number of aliphatic hydroxyl groups excluding tert-OH is 3. The molecule has 1 aromatic rings. The van der Waals surface area contributed by atoms with E-state index in [0.717, 1.165) is 4.57 Å². The first kappa shape index (κ1) is 17.8. The Morgan fingerprint density at radius 1 is 1.38 bits per heavy atom. The van der Waals surface area contributed by atoms with E-state index in [4.69, 9.17) is 9.84 Å². The molecule has 8 nitrogen and oxygen atoms in total. The van der Waals surface area contributed by atoms with Crippen LogP contribution in [0.1, 0.15) is 19.2 Å². The van der Waals surface area contributed by atoms with Crippen molar-refractivity contribution in [1.82, 2.24) is 9.55 Å². The standard InChI is InChI=1S/C11H13BrN2O6.CH4/c12-2-1-5-3-14(11(19)13-9(5)18)10-8(17)7(16)6(4-15)20-10;/h1-3,6-8,10,15-17H,4H2,(H,13,18,19);1H4/b2-1+;. The number of hydrogen-bond acceptors (Lipinski definition) is 6. The summed E-state index contributed by atoms with van der Waals surface area (Å²) in [4.78, 5) is 26.8. The van der Waals surface area contributed by atoms with Gasteiger partial charge in [-0.2, -0.15) is 0 Å². The van der Waals surface area contributed by atoms with Crippen LogP contribution < -0.4 is 11.2 Å². The molecule has 4 unspecified atom stereocenters. The predicted molar refractivity (Wildman–Crippen MR) is 79.0 cm³/mol. The molecule has 1 saturated heterocycles. The van der Waals surface area contributed by atoms with Gasteiger partial charge in [0.1, 0.15) is 18.3 Å². The van der Waals surface area contributed by atoms with Crippen LogP contribution in [0.4, 0.5) is 0 Å². The van der Waals surface area contributed by atoms with Gasteiger partial charge >= 0.3 is 5.69 Å². The van der Waals surface area contributed by atoms with Gasteiger partial charge in [0.2, 0.25) is 0 Å². The normalized spacial score (nSPS) is 28.8. The lowest BCUT2D eigenvalue weighted by atomic mass is 10.1. The van der Waals surface area contributed by atoms with Crippen molar-refractivity contribution in [2.75, 3.05) is 6.61 Å². The van der Waals surface area contributed by atoms with Gasteiger partial charge in [-0.15, -0.1) is 0 Å². The highest BCUT2D eigenvalue weighted by molar-refractivity contribution is 9.11. The van der Waals surface area contributed by atoms with Crippen molar-refractivity contribution in [2.24, 2.45) is 0 Å². The number of aromatic amines is 1. The average molecular weight is 365 g/mol. The minimum absolute atomic E-state index is 0. The van der Waals surface area contributed by atoms with Crippen LogP contribution in [-0.4, -0.2) is 49.8 Å². The lowest BCUT2D eigenvalue weighted by Crippen LogP contribution is -2.38. The molecule has 1 aliphatic rings. The molecule has 0 aliphatic carbocycles. The van der Waals surface area contributed by atoms with E-state index in [1.165, 1.54) is 17.3 Å². The summed E-state index contributed by atoms with van der Waals surface area (Å²) in [5, 5.41) is 28.5. The second kappa shape index (κ2) is 7.14. The maximum absolute atomic E-state index is 11.8. The minimum Gasteiger partial charge on any atom is -0.394 e. The quantitative estimate of drug-likeness (QED) is 0.553. The smallest absolute Gasteiger partial charge is 0.330 e. The highest BCUT2D eigenvalue weighted by atomic mass is 79.9. The van der Waals surface area contributed by atoms with Gasteiger partial charge in [-0.25, -0.2) is 4.79 Å². The molecule has 1 aromatic heterocycles. The Kier molecular flexibility index (Phi) is 6.05. The molecule has 0 spiro atoms. The summed E-state index contributed by atoms with van der Waals surface area (Å²) in [5.74, 6) is 0. The van der Waals surface area contributed by atoms with Crippen LogP contribution in [0.2, 0.25) is 0 Å². The summed E-state index contributed by atoms with van der Waals surface area (Å²) in [7, 11) is 0. The fourth-order valence-electron chi connectivity index (χ4n) is 1.99. The lowest BCUT2D eigenvalue weighted by Gasteiger charge is -2.17. The first-order valence-electron chi connectivity index (χ1n) is 5.74. The number of nitrogens with one attached hydrogen (secondary N) is 1. The van der Waals surface area contributed by atoms with Gasteiger partial charge in [0.05, 0.1) is 12.2 Å². The van der Waals surface area contributed by atoms with Gasteiger partial charge in [-0.05, 0) is 11.1 Å². The van der Waals surface area contributed by atoms with Crippen molar-refractivity contribution in [3.63, 3.8) is 0 Å². The van der Waals surface area contributed by atoms with Gasteiger partial charge in [0, 0.05) is 6.20 Å². The Balaban J connectivity index is 0.00000220. The van der Waals surface area contributed by atoms with Crippen LogP contribution >= 0.6 is 15.9 Å². The first-order chi connectivity index (χ1) is 9.49. The maximum atomic E-state index is 11.8. The average Bonchev–Trinajstić information content (AvgIpc) is 2.70. The zero-order chi connectivity index (χ0) is 14.9. The Hall–Kier alpha value is -1.26. The largest absolute Gasteiger partial charge is 0.394 e. The number of rotatable bonds is 3. The number of H-pyrrole nitrogens is 1. The summed E-state index contributed by atoms with van der Waals surface area (Å²) in [5.41, 5.74) is -1.20. The topological polar surface area (TPSA) is 125 Å². The van der Waals surface area contributed by atoms with Crippen LogP contribution in [-0.2, 0) is 4.74 Å². The van der Waals surface area contributed by atoms with Crippen molar-refractivity contribution >= 4 is 22.0 Å². The first-order valence-corrected chi connectivity index (χ1v) is 6.66. The molecular formula is C12H17BrN2O6. The summed E-state index contributed by atoms with van der Waals surface area (Å²) in [6, 6.07) is 0. The van der Waals surface area contributed by atoms with Crippen LogP contribution in [0.25, 0.3) is 6.08 Å². The second-order valence-electron chi connectivity index (χ2n) is 4.27. The molecule has 21 heavy (non-hydrogen) atoms. The van der Waals surface area contributed by atoms with Crippen molar-refractivity contribution in [3.8, 4) is 0 Å².